The van der Waals surface area contributed by atoms with E-state index in [0.29, 0.717) is 12.0 Å². The van der Waals surface area contributed by atoms with Crippen LogP contribution in [-0.2, 0) is 6.42 Å². The van der Waals surface area contributed by atoms with Crippen molar-refractivity contribution in [3.05, 3.63) is 101 Å². The summed E-state index contributed by atoms with van der Waals surface area (Å²) in [6.45, 7) is 3.93. The van der Waals surface area contributed by atoms with Gasteiger partial charge in [0.2, 0.25) is 0 Å². The third-order valence-corrected chi connectivity index (χ3v) is 5.33. The fraction of sp³-hybridized carbons (Fsp3) is 0.208. The van der Waals surface area contributed by atoms with E-state index in [-0.39, 0.29) is 11.7 Å². The number of aromatic nitrogens is 5. The van der Waals surface area contributed by atoms with Crippen molar-refractivity contribution in [1.82, 2.24) is 30.5 Å². The van der Waals surface area contributed by atoms with Gasteiger partial charge in [-0.2, -0.15) is 4.68 Å². The monoisotopic (exact) mass is 428 g/mol. The molecule has 0 aliphatic carbocycles. The Morgan fingerprint density at radius 3 is 2.47 bits per heavy atom. The van der Waals surface area contributed by atoms with Crippen LogP contribution < -0.4 is 5.32 Å². The lowest BCUT2D eigenvalue weighted by atomic mass is 9.99. The van der Waals surface area contributed by atoms with Gasteiger partial charge in [-0.3, -0.25) is 9.78 Å². The smallest absolute Gasteiger partial charge is 0.253 e. The van der Waals surface area contributed by atoms with Crippen molar-refractivity contribution >= 4 is 5.91 Å². The number of benzene rings is 2. The van der Waals surface area contributed by atoms with Crippen LogP contribution in [0.5, 0.6) is 0 Å². The molecule has 0 radical (unpaired) electrons. The van der Waals surface area contributed by atoms with Crippen LogP contribution in [0.3, 0.4) is 0 Å². The second-order valence-corrected chi connectivity index (χ2v) is 7.65. The molecule has 8 heteroatoms. The molecule has 0 bridgehead atoms. The number of rotatable bonds is 7. The number of aryl methyl sites for hydroxylation is 2. The van der Waals surface area contributed by atoms with Crippen LogP contribution in [0.25, 0.3) is 5.69 Å². The summed E-state index contributed by atoms with van der Waals surface area (Å²) in [5.41, 5.74) is 4.14. The van der Waals surface area contributed by atoms with Crippen molar-refractivity contribution < 1.29 is 9.90 Å². The largest absolute Gasteiger partial charge is 0.383 e. The topological polar surface area (TPSA) is 106 Å². The zero-order chi connectivity index (χ0) is 22.5. The predicted molar refractivity (Wildman–Crippen MR) is 119 cm³/mol. The Morgan fingerprint density at radius 1 is 1.03 bits per heavy atom. The van der Waals surface area contributed by atoms with Crippen LogP contribution in [0.4, 0.5) is 0 Å². The quantitative estimate of drug-likeness (QED) is 0.469. The number of nitrogens with one attached hydrogen (secondary N) is 1. The number of tetrazole rings is 1. The Labute approximate surface area is 186 Å². The fourth-order valence-electron chi connectivity index (χ4n) is 3.72. The van der Waals surface area contributed by atoms with E-state index in [1.807, 2.05) is 62.4 Å². The molecular weight excluding hydrogens is 404 g/mol. The maximum absolute atomic E-state index is 12.9. The van der Waals surface area contributed by atoms with Crippen LogP contribution in [0.15, 0.2) is 73.1 Å². The molecule has 2 atom stereocenters. The van der Waals surface area contributed by atoms with Gasteiger partial charge in [-0.15, -0.1) is 5.10 Å². The van der Waals surface area contributed by atoms with E-state index in [2.05, 4.69) is 25.8 Å². The number of pyridine rings is 1. The number of para-hydroxylation sites is 1. The Balaban J connectivity index is 1.69. The van der Waals surface area contributed by atoms with Crippen LogP contribution in [0.1, 0.15) is 39.0 Å². The number of nitrogens with zero attached hydrogens (tertiary/aromatic N) is 5. The number of hydrogen-bond acceptors (Lipinski definition) is 6. The number of carbonyl (C=O) groups excluding carboxylic acids is 1. The highest BCUT2D eigenvalue weighted by Crippen LogP contribution is 2.24. The minimum absolute atomic E-state index is 0.259. The SMILES string of the molecule is Cc1cccc(C)c1-n1nnnc1C(O)[C@H](Cc1ccccc1)NC(=O)c1cccnc1. The molecule has 1 amide bonds. The first kappa shape index (κ1) is 21.3. The highest BCUT2D eigenvalue weighted by Gasteiger charge is 2.29. The summed E-state index contributed by atoms with van der Waals surface area (Å²) < 4.78 is 1.55. The van der Waals surface area contributed by atoms with Crippen molar-refractivity contribution in [2.45, 2.75) is 32.4 Å². The zero-order valence-corrected chi connectivity index (χ0v) is 17.9. The van der Waals surface area contributed by atoms with E-state index in [1.165, 1.54) is 6.20 Å². The van der Waals surface area contributed by atoms with Crippen molar-refractivity contribution in [2.75, 3.05) is 0 Å². The second-order valence-electron chi connectivity index (χ2n) is 7.65. The molecule has 0 aliphatic rings. The first-order valence-corrected chi connectivity index (χ1v) is 10.3. The zero-order valence-electron chi connectivity index (χ0n) is 17.9. The van der Waals surface area contributed by atoms with Crippen LogP contribution in [0, 0.1) is 13.8 Å². The van der Waals surface area contributed by atoms with Gasteiger partial charge in [-0.25, -0.2) is 0 Å². The van der Waals surface area contributed by atoms with Crippen molar-refractivity contribution in [3.8, 4) is 5.69 Å². The summed E-state index contributed by atoms with van der Waals surface area (Å²) in [6, 6.07) is 18.2. The molecule has 2 aromatic carbocycles. The van der Waals surface area contributed by atoms with Gasteiger partial charge in [0.1, 0.15) is 6.10 Å². The van der Waals surface area contributed by atoms with E-state index in [0.717, 1.165) is 22.4 Å². The van der Waals surface area contributed by atoms with Gasteiger partial charge in [0.15, 0.2) is 5.82 Å². The van der Waals surface area contributed by atoms with Crippen LogP contribution >= 0.6 is 0 Å². The Hall–Kier alpha value is -3.91. The third kappa shape index (κ3) is 4.55. The van der Waals surface area contributed by atoms with Gasteiger partial charge < -0.3 is 10.4 Å². The van der Waals surface area contributed by atoms with Crippen molar-refractivity contribution in [3.63, 3.8) is 0 Å². The number of carbonyl (C=O) groups is 1. The highest BCUT2D eigenvalue weighted by atomic mass is 16.3. The van der Waals surface area contributed by atoms with E-state index < -0.39 is 12.1 Å². The minimum Gasteiger partial charge on any atom is -0.383 e. The van der Waals surface area contributed by atoms with Crippen LogP contribution in [-0.4, -0.2) is 42.2 Å². The molecule has 2 heterocycles. The molecule has 8 nitrogen and oxygen atoms in total. The van der Waals surface area contributed by atoms with Gasteiger partial charge in [0, 0.05) is 12.4 Å². The van der Waals surface area contributed by atoms with E-state index >= 15 is 0 Å². The molecule has 32 heavy (non-hydrogen) atoms. The van der Waals surface area contributed by atoms with Gasteiger partial charge in [0.05, 0.1) is 17.3 Å². The molecule has 1 unspecified atom stereocenters. The average Bonchev–Trinajstić information content (AvgIpc) is 3.28. The Bertz CT molecular complexity index is 1170. The summed E-state index contributed by atoms with van der Waals surface area (Å²) in [7, 11) is 0. The lowest BCUT2D eigenvalue weighted by Crippen LogP contribution is -2.42. The summed E-state index contributed by atoms with van der Waals surface area (Å²) in [4.78, 5) is 16.9. The van der Waals surface area contributed by atoms with Gasteiger partial charge in [-0.05, 0) is 59.5 Å². The number of amides is 1. The van der Waals surface area contributed by atoms with Crippen molar-refractivity contribution in [2.24, 2.45) is 0 Å². The molecule has 2 N–H and O–H groups in total. The molecule has 0 spiro atoms. The molecule has 4 aromatic rings. The molecule has 2 aromatic heterocycles. The maximum atomic E-state index is 12.9. The minimum atomic E-state index is -1.15. The van der Waals surface area contributed by atoms with E-state index in [1.54, 1.807) is 23.0 Å². The van der Waals surface area contributed by atoms with E-state index in [9.17, 15) is 9.90 Å². The predicted octanol–water partition coefficient (Wildman–Crippen LogP) is 2.75. The second kappa shape index (κ2) is 9.49. The summed E-state index contributed by atoms with van der Waals surface area (Å²) in [5, 5.41) is 26.3. The molecule has 4 rings (SSSR count). The average molecular weight is 428 g/mol. The van der Waals surface area contributed by atoms with E-state index in [4.69, 9.17) is 0 Å². The van der Waals surface area contributed by atoms with Gasteiger partial charge >= 0.3 is 0 Å². The third-order valence-electron chi connectivity index (χ3n) is 5.33. The van der Waals surface area contributed by atoms with Gasteiger partial charge in [0.25, 0.3) is 5.91 Å². The maximum Gasteiger partial charge on any atom is 0.253 e. The van der Waals surface area contributed by atoms with Crippen LogP contribution in [0.2, 0.25) is 0 Å². The Morgan fingerprint density at radius 2 is 1.78 bits per heavy atom. The molecule has 0 saturated carbocycles. The lowest BCUT2D eigenvalue weighted by Gasteiger charge is -2.24. The number of aliphatic hydroxyl groups is 1. The number of hydrogen-bond donors (Lipinski definition) is 2. The number of aliphatic hydroxyl groups excluding tert-OH is 1. The standard InChI is InChI=1S/C24H24N6O2/c1-16-8-6-9-17(2)21(16)30-23(27-28-29-30)22(31)20(14-18-10-4-3-5-11-18)26-24(32)19-12-7-13-25-15-19/h3-13,15,20,22,31H,14H2,1-2H3,(H,26,32)/t20-,22?/m0/s1. The first-order valence-electron chi connectivity index (χ1n) is 10.3. The lowest BCUT2D eigenvalue weighted by molar-refractivity contribution is 0.0809. The summed E-state index contributed by atoms with van der Waals surface area (Å²) in [5.74, 6) is -0.0704. The fourth-order valence-corrected chi connectivity index (χ4v) is 3.72. The van der Waals surface area contributed by atoms with Crippen molar-refractivity contribution in [1.29, 1.82) is 0 Å². The molecule has 162 valence electrons. The Kier molecular flexibility index (Phi) is 6.32. The molecular formula is C24H24N6O2. The van der Waals surface area contributed by atoms with Gasteiger partial charge in [-0.1, -0.05) is 48.5 Å². The summed E-state index contributed by atoms with van der Waals surface area (Å²) in [6.07, 6.45) is 2.34. The highest BCUT2D eigenvalue weighted by molar-refractivity contribution is 5.94. The molecule has 0 fully saturated rings. The summed E-state index contributed by atoms with van der Waals surface area (Å²) >= 11 is 0. The first-order chi connectivity index (χ1) is 15.5. The molecule has 0 saturated heterocycles. The normalized spacial score (nSPS) is 12.8. The molecule has 0 aliphatic heterocycles.